The Kier molecular flexibility index (Phi) is 4.45. The molecule has 0 spiro atoms. The smallest absolute Gasteiger partial charge is 0.242 e. The van der Waals surface area contributed by atoms with E-state index in [1.165, 1.54) is 0 Å². The van der Waals surface area contributed by atoms with Crippen LogP contribution < -0.4 is 10.6 Å². The Morgan fingerprint density at radius 3 is 2.57 bits per heavy atom. The standard InChI is InChI=1S/C15H23N5O/c1-9(2)12-8-13-14(16-6-7-20(13)19-12)18-11(5)15(21)17-10(3)4/h6-11H,1-5H3,(H,16,18)(H,17,21). The Morgan fingerprint density at radius 1 is 1.24 bits per heavy atom. The normalized spacial score (nSPS) is 12.9. The first-order valence-corrected chi connectivity index (χ1v) is 7.29. The average Bonchev–Trinajstić information content (AvgIpc) is 2.83. The van der Waals surface area contributed by atoms with E-state index in [9.17, 15) is 4.79 Å². The maximum atomic E-state index is 12.0. The molecular formula is C15H23N5O. The number of hydrogen-bond acceptors (Lipinski definition) is 4. The lowest BCUT2D eigenvalue weighted by atomic mass is 10.1. The SMILES string of the molecule is CC(C)NC(=O)C(C)Nc1nccn2nc(C(C)C)cc12. The van der Waals surface area contributed by atoms with E-state index >= 15 is 0 Å². The highest BCUT2D eigenvalue weighted by atomic mass is 16.2. The van der Waals surface area contributed by atoms with E-state index in [1.54, 1.807) is 10.7 Å². The Morgan fingerprint density at radius 2 is 1.95 bits per heavy atom. The summed E-state index contributed by atoms with van der Waals surface area (Å²) in [6.07, 6.45) is 3.49. The van der Waals surface area contributed by atoms with Crippen LogP contribution in [0, 0.1) is 0 Å². The summed E-state index contributed by atoms with van der Waals surface area (Å²) in [4.78, 5) is 16.3. The Labute approximate surface area is 125 Å². The molecule has 2 heterocycles. The fraction of sp³-hybridized carbons (Fsp3) is 0.533. The van der Waals surface area contributed by atoms with Crippen molar-refractivity contribution in [3.63, 3.8) is 0 Å². The molecule has 1 atom stereocenters. The van der Waals surface area contributed by atoms with Crippen molar-refractivity contribution in [2.45, 2.75) is 52.6 Å². The van der Waals surface area contributed by atoms with Crippen molar-refractivity contribution in [1.82, 2.24) is 19.9 Å². The first-order valence-electron chi connectivity index (χ1n) is 7.29. The van der Waals surface area contributed by atoms with Crippen molar-refractivity contribution in [1.29, 1.82) is 0 Å². The van der Waals surface area contributed by atoms with E-state index in [4.69, 9.17) is 0 Å². The molecule has 0 aliphatic rings. The summed E-state index contributed by atoms with van der Waals surface area (Å²) < 4.78 is 1.79. The van der Waals surface area contributed by atoms with Gasteiger partial charge in [-0.05, 0) is 32.8 Å². The summed E-state index contributed by atoms with van der Waals surface area (Å²) in [5, 5.41) is 10.6. The Hall–Kier alpha value is -2.11. The minimum Gasteiger partial charge on any atom is -0.357 e. The Balaban J connectivity index is 2.24. The van der Waals surface area contributed by atoms with E-state index in [-0.39, 0.29) is 18.0 Å². The van der Waals surface area contributed by atoms with Gasteiger partial charge in [0.05, 0.1) is 5.69 Å². The maximum Gasteiger partial charge on any atom is 0.242 e. The second-order valence-corrected chi connectivity index (χ2v) is 5.86. The van der Waals surface area contributed by atoms with Crippen LogP contribution in [0.1, 0.15) is 46.2 Å². The molecule has 0 bridgehead atoms. The molecule has 114 valence electrons. The first kappa shape index (κ1) is 15.3. The molecule has 0 fully saturated rings. The van der Waals surface area contributed by atoms with Gasteiger partial charge < -0.3 is 10.6 Å². The Bertz CT molecular complexity index is 632. The third-order valence-corrected chi connectivity index (χ3v) is 3.18. The quantitative estimate of drug-likeness (QED) is 0.885. The molecule has 6 heteroatoms. The van der Waals surface area contributed by atoms with Crippen molar-refractivity contribution >= 4 is 17.2 Å². The molecule has 0 saturated heterocycles. The number of anilines is 1. The van der Waals surface area contributed by atoms with Gasteiger partial charge in [0.2, 0.25) is 5.91 Å². The number of amides is 1. The number of rotatable bonds is 5. The number of hydrogen-bond donors (Lipinski definition) is 2. The summed E-state index contributed by atoms with van der Waals surface area (Å²) in [5.41, 5.74) is 1.88. The van der Waals surface area contributed by atoms with Crippen LogP contribution in [0.5, 0.6) is 0 Å². The highest BCUT2D eigenvalue weighted by molar-refractivity contribution is 5.85. The van der Waals surface area contributed by atoms with Crippen LogP contribution in [0.15, 0.2) is 18.5 Å². The second-order valence-electron chi connectivity index (χ2n) is 5.86. The van der Waals surface area contributed by atoms with Gasteiger partial charge in [0.25, 0.3) is 0 Å². The average molecular weight is 289 g/mol. The topological polar surface area (TPSA) is 71.3 Å². The number of carbonyl (C=O) groups is 1. The molecule has 0 saturated carbocycles. The van der Waals surface area contributed by atoms with Crippen LogP contribution in [-0.2, 0) is 4.79 Å². The molecule has 2 rings (SSSR count). The summed E-state index contributed by atoms with van der Waals surface area (Å²) >= 11 is 0. The number of nitrogens with one attached hydrogen (secondary N) is 2. The minimum atomic E-state index is -0.358. The number of aromatic nitrogens is 3. The van der Waals surface area contributed by atoms with Gasteiger partial charge in [0.1, 0.15) is 11.6 Å². The van der Waals surface area contributed by atoms with Gasteiger partial charge >= 0.3 is 0 Å². The molecule has 2 aromatic rings. The number of fused-ring (bicyclic) bond motifs is 1. The molecule has 1 unspecified atom stereocenters. The predicted octanol–water partition coefficient (Wildman–Crippen LogP) is 2.18. The van der Waals surface area contributed by atoms with Crippen LogP contribution in [0.3, 0.4) is 0 Å². The lowest BCUT2D eigenvalue weighted by molar-refractivity contribution is -0.122. The van der Waals surface area contributed by atoms with Crippen LogP contribution >= 0.6 is 0 Å². The van der Waals surface area contributed by atoms with Gasteiger partial charge in [-0.2, -0.15) is 5.10 Å². The largest absolute Gasteiger partial charge is 0.357 e. The van der Waals surface area contributed by atoms with Crippen LogP contribution in [0.2, 0.25) is 0 Å². The fourth-order valence-corrected chi connectivity index (χ4v) is 2.01. The molecule has 2 N–H and O–H groups in total. The molecule has 0 aromatic carbocycles. The van der Waals surface area contributed by atoms with E-state index in [0.717, 1.165) is 11.2 Å². The third kappa shape index (κ3) is 3.51. The van der Waals surface area contributed by atoms with Crippen LogP contribution in [0.25, 0.3) is 5.52 Å². The lowest BCUT2D eigenvalue weighted by Gasteiger charge is -2.16. The van der Waals surface area contributed by atoms with Crippen molar-refractivity contribution in [2.24, 2.45) is 0 Å². The zero-order valence-corrected chi connectivity index (χ0v) is 13.2. The predicted molar refractivity (Wildman–Crippen MR) is 83.4 cm³/mol. The van der Waals surface area contributed by atoms with Crippen molar-refractivity contribution < 1.29 is 4.79 Å². The van der Waals surface area contributed by atoms with Crippen LogP contribution in [-0.4, -0.2) is 32.6 Å². The second kappa shape index (κ2) is 6.11. The molecule has 2 aromatic heterocycles. The molecule has 6 nitrogen and oxygen atoms in total. The highest BCUT2D eigenvalue weighted by Crippen LogP contribution is 2.20. The van der Waals surface area contributed by atoms with Gasteiger partial charge in [-0.15, -0.1) is 0 Å². The van der Waals surface area contributed by atoms with E-state index in [0.29, 0.717) is 11.7 Å². The molecule has 0 aliphatic carbocycles. The van der Waals surface area contributed by atoms with Gasteiger partial charge in [0.15, 0.2) is 5.82 Å². The fourth-order valence-electron chi connectivity index (χ4n) is 2.01. The summed E-state index contributed by atoms with van der Waals surface area (Å²) in [6.45, 7) is 9.90. The van der Waals surface area contributed by atoms with Gasteiger partial charge in [-0.1, -0.05) is 13.8 Å². The molecule has 21 heavy (non-hydrogen) atoms. The zero-order valence-electron chi connectivity index (χ0n) is 13.2. The highest BCUT2D eigenvalue weighted by Gasteiger charge is 2.16. The van der Waals surface area contributed by atoms with Crippen LogP contribution in [0.4, 0.5) is 5.82 Å². The van der Waals surface area contributed by atoms with Gasteiger partial charge in [-0.3, -0.25) is 4.79 Å². The maximum absolute atomic E-state index is 12.0. The van der Waals surface area contributed by atoms with Crippen molar-refractivity contribution in [3.8, 4) is 0 Å². The molecule has 0 radical (unpaired) electrons. The zero-order chi connectivity index (χ0) is 15.6. The van der Waals surface area contributed by atoms with Crippen molar-refractivity contribution in [2.75, 3.05) is 5.32 Å². The number of nitrogens with zero attached hydrogens (tertiary/aromatic N) is 3. The monoisotopic (exact) mass is 289 g/mol. The number of carbonyl (C=O) groups excluding carboxylic acids is 1. The lowest BCUT2D eigenvalue weighted by Crippen LogP contribution is -2.41. The van der Waals surface area contributed by atoms with Crippen molar-refractivity contribution in [3.05, 3.63) is 24.2 Å². The third-order valence-electron chi connectivity index (χ3n) is 3.18. The van der Waals surface area contributed by atoms with E-state index in [1.807, 2.05) is 33.0 Å². The summed E-state index contributed by atoms with van der Waals surface area (Å²) in [5.74, 6) is 0.972. The molecule has 1 amide bonds. The first-order chi connectivity index (χ1) is 9.88. The minimum absolute atomic E-state index is 0.0441. The van der Waals surface area contributed by atoms with Gasteiger partial charge in [0, 0.05) is 18.4 Å². The van der Waals surface area contributed by atoms with E-state index in [2.05, 4.69) is 34.6 Å². The van der Waals surface area contributed by atoms with E-state index < -0.39 is 0 Å². The summed E-state index contributed by atoms with van der Waals surface area (Å²) in [6, 6.07) is 1.77. The summed E-state index contributed by atoms with van der Waals surface area (Å²) in [7, 11) is 0. The molecule has 0 aliphatic heterocycles. The van der Waals surface area contributed by atoms with Gasteiger partial charge in [-0.25, -0.2) is 9.50 Å². The molecular weight excluding hydrogens is 266 g/mol.